The zero-order chi connectivity index (χ0) is 15.2. The van der Waals surface area contributed by atoms with Gasteiger partial charge in [-0.25, -0.2) is 4.39 Å². The van der Waals surface area contributed by atoms with E-state index in [1.54, 1.807) is 18.2 Å². The highest BCUT2D eigenvalue weighted by Crippen LogP contribution is 2.22. The minimum Gasteiger partial charge on any atom is -0.479 e. The number of carbonyl (C=O) groups excluding carboxylic acids is 1. The first-order valence-corrected chi connectivity index (χ1v) is 6.35. The van der Waals surface area contributed by atoms with Crippen molar-refractivity contribution in [3.63, 3.8) is 0 Å². The van der Waals surface area contributed by atoms with E-state index in [1.165, 1.54) is 18.2 Å². The molecule has 4 nitrogen and oxygen atoms in total. The van der Waals surface area contributed by atoms with Crippen LogP contribution in [0.3, 0.4) is 0 Å². The lowest BCUT2D eigenvalue weighted by Gasteiger charge is -2.09. The van der Waals surface area contributed by atoms with Gasteiger partial charge in [-0.1, -0.05) is 23.7 Å². The van der Waals surface area contributed by atoms with Crippen molar-refractivity contribution in [2.75, 3.05) is 11.9 Å². The molecule has 6 heteroatoms. The van der Waals surface area contributed by atoms with E-state index >= 15 is 0 Å². The largest absolute Gasteiger partial charge is 0.479 e. The molecule has 2 aromatic rings. The molecule has 0 saturated heterocycles. The molecule has 1 amide bonds. The summed E-state index contributed by atoms with van der Waals surface area (Å²) < 4.78 is 18.8. The molecule has 106 valence electrons. The Kier molecular flexibility index (Phi) is 4.75. The van der Waals surface area contributed by atoms with Gasteiger partial charge in [0.05, 0.1) is 10.6 Å². The van der Waals surface area contributed by atoms with Crippen molar-refractivity contribution in [2.24, 2.45) is 0 Å². The SMILES string of the molecule is N#CCOc1cccc(NC(=O)c2c(F)cccc2Cl)c1. The number of nitriles is 1. The van der Waals surface area contributed by atoms with Crippen molar-refractivity contribution in [1.29, 1.82) is 5.26 Å². The third-order valence-corrected chi connectivity index (χ3v) is 2.90. The number of benzene rings is 2. The number of halogens is 2. The number of nitrogens with one attached hydrogen (secondary N) is 1. The molecular weight excluding hydrogens is 295 g/mol. The van der Waals surface area contributed by atoms with Crippen LogP contribution in [0.25, 0.3) is 0 Å². The van der Waals surface area contributed by atoms with Gasteiger partial charge < -0.3 is 10.1 Å². The molecule has 0 saturated carbocycles. The summed E-state index contributed by atoms with van der Waals surface area (Å²) >= 11 is 5.83. The number of anilines is 1. The molecule has 0 aliphatic carbocycles. The summed E-state index contributed by atoms with van der Waals surface area (Å²) in [5, 5.41) is 11.0. The van der Waals surface area contributed by atoms with Crippen LogP contribution in [0, 0.1) is 17.1 Å². The van der Waals surface area contributed by atoms with Gasteiger partial charge in [0.1, 0.15) is 17.6 Å². The van der Waals surface area contributed by atoms with Crippen LogP contribution in [-0.2, 0) is 0 Å². The molecule has 21 heavy (non-hydrogen) atoms. The Morgan fingerprint density at radius 2 is 2.10 bits per heavy atom. The fourth-order valence-corrected chi connectivity index (χ4v) is 1.94. The third-order valence-electron chi connectivity index (χ3n) is 2.59. The van der Waals surface area contributed by atoms with Gasteiger partial charge in [-0.2, -0.15) is 5.26 Å². The van der Waals surface area contributed by atoms with Crippen LogP contribution in [-0.4, -0.2) is 12.5 Å². The molecule has 0 unspecified atom stereocenters. The highest BCUT2D eigenvalue weighted by atomic mass is 35.5. The summed E-state index contributed by atoms with van der Waals surface area (Å²) in [6, 6.07) is 12.3. The van der Waals surface area contributed by atoms with Gasteiger partial charge in [0.25, 0.3) is 5.91 Å². The van der Waals surface area contributed by atoms with Gasteiger partial charge in [0.2, 0.25) is 0 Å². The van der Waals surface area contributed by atoms with E-state index in [4.69, 9.17) is 21.6 Å². The number of hydrogen-bond acceptors (Lipinski definition) is 3. The van der Waals surface area contributed by atoms with Crippen molar-refractivity contribution in [3.8, 4) is 11.8 Å². The first-order valence-electron chi connectivity index (χ1n) is 5.97. The van der Waals surface area contributed by atoms with Gasteiger partial charge in [0.15, 0.2) is 6.61 Å². The second-order valence-corrected chi connectivity index (χ2v) is 4.43. The minimum atomic E-state index is -0.697. The van der Waals surface area contributed by atoms with Crippen LogP contribution in [0.1, 0.15) is 10.4 Å². The number of carbonyl (C=O) groups is 1. The molecule has 2 rings (SSSR count). The predicted molar refractivity (Wildman–Crippen MR) is 76.9 cm³/mol. The molecule has 0 atom stereocenters. The zero-order valence-electron chi connectivity index (χ0n) is 10.8. The van der Waals surface area contributed by atoms with Crippen LogP contribution in [0.2, 0.25) is 5.02 Å². The van der Waals surface area contributed by atoms with Crippen LogP contribution in [0.4, 0.5) is 10.1 Å². The summed E-state index contributed by atoms with van der Waals surface area (Å²) in [4.78, 5) is 12.1. The third kappa shape index (κ3) is 3.71. The van der Waals surface area contributed by atoms with Gasteiger partial charge in [0, 0.05) is 11.8 Å². The molecule has 0 fully saturated rings. The summed E-state index contributed by atoms with van der Waals surface area (Å²) in [5.74, 6) is -0.929. The van der Waals surface area contributed by atoms with Gasteiger partial charge in [-0.15, -0.1) is 0 Å². The average Bonchev–Trinajstić information content (AvgIpc) is 2.45. The highest BCUT2D eigenvalue weighted by Gasteiger charge is 2.15. The van der Waals surface area contributed by atoms with Gasteiger partial charge >= 0.3 is 0 Å². The zero-order valence-corrected chi connectivity index (χ0v) is 11.5. The lowest BCUT2D eigenvalue weighted by atomic mass is 10.2. The first kappa shape index (κ1) is 14.8. The Balaban J connectivity index is 2.18. The lowest BCUT2D eigenvalue weighted by Crippen LogP contribution is -2.14. The van der Waals surface area contributed by atoms with Crippen molar-refractivity contribution >= 4 is 23.2 Å². The summed E-state index contributed by atoms with van der Waals surface area (Å²) in [5.41, 5.74) is 0.192. The van der Waals surface area contributed by atoms with E-state index in [9.17, 15) is 9.18 Å². The molecule has 1 N–H and O–H groups in total. The highest BCUT2D eigenvalue weighted by molar-refractivity contribution is 6.34. The van der Waals surface area contributed by atoms with Crippen molar-refractivity contribution < 1.29 is 13.9 Å². The number of nitrogens with zero attached hydrogens (tertiary/aromatic N) is 1. The first-order chi connectivity index (χ1) is 10.1. The number of ether oxygens (including phenoxy) is 1. The number of amides is 1. The Morgan fingerprint density at radius 1 is 1.33 bits per heavy atom. The van der Waals surface area contributed by atoms with E-state index in [1.807, 2.05) is 6.07 Å². The molecule has 0 heterocycles. The van der Waals surface area contributed by atoms with Crippen molar-refractivity contribution in [2.45, 2.75) is 0 Å². The van der Waals surface area contributed by atoms with Crippen LogP contribution in [0.15, 0.2) is 42.5 Å². The summed E-state index contributed by atoms with van der Waals surface area (Å²) in [7, 11) is 0. The lowest BCUT2D eigenvalue weighted by molar-refractivity contribution is 0.102. The molecule has 2 aromatic carbocycles. The normalized spacial score (nSPS) is 9.76. The predicted octanol–water partition coefficient (Wildman–Crippen LogP) is 3.63. The Bertz CT molecular complexity index is 693. The van der Waals surface area contributed by atoms with Crippen LogP contribution in [0.5, 0.6) is 5.75 Å². The Labute approximate surface area is 125 Å². The van der Waals surface area contributed by atoms with E-state index in [-0.39, 0.29) is 17.2 Å². The summed E-state index contributed by atoms with van der Waals surface area (Å²) in [6.07, 6.45) is 0. The van der Waals surface area contributed by atoms with E-state index in [2.05, 4.69) is 5.32 Å². The quantitative estimate of drug-likeness (QED) is 0.938. The van der Waals surface area contributed by atoms with Gasteiger partial charge in [-0.3, -0.25) is 4.79 Å². The maximum atomic E-state index is 13.6. The number of hydrogen-bond donors (Lipinski definition) is 1. The smallest absolute Gasteiger partial charge is 0.260 e. The maximum absolute atomic E-state index is 13.6. The Hall–Kier alpha value is -2.58. The van der Waals surface area contributed by atoms with E-state index in [0.29, 0.717) is 11.4 Å². The van der Waals surface area contributed by atoms with Crippen LogP contribution >= 0.6 is 11.6 Å². The van der Waals surface area contributed by atoms with E-state index in [0.717, 1.165) is 6.07 Å². The maximum Gasteiger partial charge on any atom is 0.260 e. The monoisotopic (exact) mass is 304 g/mol. The second-order valence-electron chi connectivity index (χ2n) is 4.03. The van der Waals surface area contributed by atoms with E-state index < -0.39 is 11.7 Å². The van der Waals surface area contributed by atoms with Gasteiger partial charge in [-0.05, 0) is 24.3 Å². The van der Waals surface area contributed by atoms with Crippen LogP contribution < -0.4 is 10.1 Å². The van der Waals surface area contributed by atoms with Crippen molar-refractivity contribution in [3.05, 3.63) is 58.9 Å². The number of rotatable bonds is 4. The fourth-order valence-electron chi connectivity index (χ4n) is 1.69. The topological polar surface area (TPSA) is 62.1 Å². The fraction of sp³-hybridized carbons (Fsp3) is 0.0667. The Morgan fingerprint density at radius 3 is 2.81 bits per heavy atom. The molecule has 0 aromatic heterocycles. The standard InChI is InChI=1S/C15H10ClFN2O2/c16-12-5-2-6-13(17)14(12)15(20)19-10-3-1-4-11(9-10)21-8-7-18/h1-6,9H,8H2,(H,19,20). The second kappa shape index (κ2) is 6.73. The van der Waals surface area contributed by atoms with Crippen molar-refractivity contribution in [1.82, 2.24) is 0 Å². The molecule has 0 spiro atoms. The molecule has 0 aliphatic rings. The molecule has 0 bridgehead atoms. The molecule has 0 aliphatic heterocycles. The molecular formula is C15H10ClFN2O2. The molecule has 0 radical (unpaired) electrons. The summed E-state index contributed by atoms with van der Waals surface area (Å²) in [6.45, 7) is -0.101. The average molecular weight is 305 g/mol. The minimum absolute atomic E-state index is 0.0318.